The number of nitrogens with zero attached hydrogens (tertiary/aromatic N) is 2. The van der Waals surface area contributed by atoms with Crippen LogP contribution in [0.2, 0.25) is 0 Å². The van der Waals surface area contributed by atoms with Crippen molar-refractivity contribution in [1.82, 2.24) is 15.7 Å². The number of hydrazine groups is 1. The number of benzene rings is 1. The first kappa shape index (κ1) is 16.1. The van der Waals surface area contributed by atoms with E-state index in [-0.39, 0.29) is 30.6 Å². The lowest BCUT2D eigenvalue weighted by Gasteiger charge is -2.29. The van der Waals surface area contributed by atoms with Crippen LogP contribution >= 0.6 is 11.3 Å². The maximum Gasteiger partial charge on any atom is 0.307 e. The standard InChI is InChI=1S/C16H16N4O4S/c1-24-12(22)7-8-6-10(21)13-14(17-8)19-20(15(13)23)16-18-9-4-2-3-5-11(9)25-16/h2-5,8,13-14,17,19H,6-7H2,1H3. The molecule has 2 saturated heterocycles. The number of para-hydroxylation sites is 1. The van der Waals surface area contributed by atoms with Crippen molar-refractivity contribution in [3.63, 3.8) is 0 Å². The van der Waals surface area contributed by atoms with Crippen molar-refractivity contribution in [1.29, 1.82) is 0 Å². The molecule has 1 aromatic carbocycles. The van der Waals surface area contributed by atoms with E-state index in [0.717, 1.165) is 10.2 Å². The molecular weight excluding hydrogens is 344 g/mol. The molecule has 0 spiro atoms. The van der Waals surface area contributed by atoms with E-state index in [1.54, 1.807) is 0 Å². The molecule has 0 radical (unpaired) electrons. The Morgan fingerprint density at radius 2 is 2.20 bits per heavy atom. The number of amides is 1. The number of piperidine rings is 1. The van der Waals surface area contributed by atoms with Gasteiger partial charge in [-0.05, 0) is 12.1 Å². The second kappa shape index (κ2) is 6.17. The Hall–Kier alpha value is -2.36. The first-order valence-electron chi connectivity index (χ1n) is 7.88. The van der Waals surface area contributed by atoms with Gasteiger partial charge in [0.05, 0.1) is 29.9 Å². The fourth-order valence-corrected chi connectivity index (χ4v) is 4.16. The number of anilines is 1. The minimum Gasteiger partial charge on any atom is -0.469 e. The summed E-state index contributed by atoms with van der Waals surface area (Å²) in [6.07, 6.45) is -0.338. The highest BCUT2D eigenvalue weighted by Gasteiger charge is 2.50. The largest absolute Gasteiger partial charge is 0.469 e. The van der Waals surface area contributed by atoms with E-state index in [1.807, 2.05) is 24.3 Å². The third kappa shape index (κ3) is 2.80. The number of carbonyl (C=O) groups is 3. The molecule has 0 saturated carbocycles. The molecular formula is C16H16N4O4S. The summed E-state index contributed by atoms with van der Waals surface area (Å²) in [5.41, 5.74) is 3.82. The molecule has 25 heavy (non-hydrogen) atoms. The summed E-state index contributed by atoms with van der Waals surface area (Å²) < 4.78 is 5.61. The molecule has 2 N–H and O–H groups in total. The molecule has 3 atom stereocenters. The van der Waals surface area contributed by atoms with Crippen LogP contribution in [-0.4, -0.2) is 42.0 Å². The number of hydrogen-bond acceptors (Lipinski definition) is 8. The smallest absolute Gasteiger partial charge is 0.307 e. The van der Waals surface area contributed by atoms with Gasteiger partial charge in [-0.15, -0.1) is 0 Å². The molecule has 0 bridgehead atoms. The third-order valence-electron chi connectivity index (χ3n) is 4.41. The minimum atomic E-state index is -0.805. The normalized spacial score (nSPS) is 26.1. The van der Waals surface area contributed by atoms with Crippen LogP contribution < -0.4 is 15.8 Å². The molecule has 3 unspecified atom stereocenters. The SMILES string of the molecule is COC(=O)CC1CC(=O)C2C(=O)N(c3nc4ccccc4s3)NC2N1. The number of aromatic nitrogens is 1. The molecule has 2 fully saturated rings. The summed E-state index contributed by atoms with van der Waals surface area (Å²) in [6.45, 7) is 0. The Morgan fingerprint density at radius 3 is 2.96 bits per heavy atom. The number of Topliss-reactive ketones (excluding diaryl/α,β-unsaturated/α-hetero) is 1. The minimum absolute atomic E-state index is 0.0858. The van der Waals surface area contributed by atoms with Crippen molar-refractivity contribution in [2.24, 2.45) is 5.92 Å². The Balaban J connectivity index is 1.57. The first-order valence-corrected chi connectivity index (χ1v) is 8.70. The van der Waals surface area contributed by atoms with Crippen LogP contribution in [0.25, 0.3) is 10.2 Å². The number of thiazole rings is 1. The van der Waals surface area contributed by atoms with E-state index in [1.165, 1.54) is 23.5 Å². The highest BCUT2D eigenvalue weighted by Crippen LogP contribution is 2.33. The topological polar surface area (TPSA) is 101 Å². The van der Waals surface area contributed by atoms with Gasteiger partial charge in [0.1, 0.15) is 11.7 Å². The summed E-state index contributed by atoms with van der Waals surface area (Å²) >= 11 is 1.38. The average molecular weight is 360 g/mol. The van der Waals surface area contributed by atoms with Gasteiger partial charge in [0, 0.05) is 12.5 Å². The number of ether oxygens (including phenoxy) is 1. The van der Waals surface area contributed by atoms with Crippen LogP contribution in [0.15, 0.2) is 24.3 Å². The number of esters is 1. The zero-order chi connectivity index (χ0) is 17.6. The van der Waals surface area contributed by atoms with Gasteiger partial charge in [-0.3, -0.25) is 19.7 Å². The number of carbonyl (C=O) groups excluding carboxylic acids is 3. The lowest BCUT2D eigenvalue weighted by atomic mass is 9.89. The van der Waals surface area contributed by atoms with Crippen molar-refractivity contribution in [3.05, 3.63) is 24.3 Å². The van der Waals surface area contributed by atoms with Gasteiger partial charge in [-0.1, -0.05) is 23.5 Å². The van der Waals surface area contributed by atoms with E-state index >= 15 is 0 Å². The van der Waals surface area contributed by atoms with Gasteiger partial charge in [0.2, 0.25) is 5.13 Å². The molecule has 130 valence electrons. The zero-order valence-corrected chi connectivity index (χ0v) is 14.2. The highest BCUT2D eigenvalue weighted by molar-refractivity contribution is 7.22. The van der Waals surface area contributed by atoms with Gasteiger partial charge in [-0.2, -0.15) is 0 Å². The summed E-state index contributed by atoms with van der Waals surface area (Å²) in [6, 6.07) is 7.24. The number of nitrogens with one attached hydrogen (secondary N) is 2. The quantitative estimate of drug-likeness (QED) is 0.610. The first-order chi connectivity index (χ1) is 12.1. The Labute approximate surface area is 147 Å². The van der Waals surface area contributed by atoms with Crippen LogP contribution in [0.4, 0.5) is 5.13 Å². The van der Waals surface area contributed by atoms with Gasteiger partial charge < -0.3 is 4.74 Å². The Kier molecular flexibility index (Phi) is 3.98. The predicted molar refractivity (Wildman–Crippen MR) is 90.7 cm³/mol. The highest BCUT2D eigenvalue weighted by atomic mass is 32.1. The lowest BCUT2D eigenvalue weighted by Crippen LogP contribution is -2.56. The van der Waals surface area contributed by atoms with Crippen molar-refractivity contribution >= 4 is 44.3 Å². The van der Waals surface area contributed by atoms with Crippen LogP contribution in [0.3, 0.4) is 0 Å². The predicted octanol–water partition coefficient (Wildman–Crippen LogP) is 0.584. The number of rotatable bonds is 3. The molecule has 1 aromatic heterocycles. The van der Waals surface area contributed by atoms with Crippen LogP contribution in [0.5, 0.6) is 0 Å². The average Bonchev–Trinajstić information content (AvgIpc) is 3.15. The van der Waals surface area contributed by atoms with Crippen molar-refractivity contribution in [3.8, 4) is 0 Å². The number of fused-ring (bicyclic) bond motifs is 2. The van der Waals surface area contributed by atoms with Gasteiger partial charge >= 0.3 is 5.97 Å². The van der Waals surface area contributed by atoms with Crippen LogP contribution in [-0.2, 0) is 19.1 Å². The maximum absolute atomic E-state index is 12.7. The van der Waals surface area contributed by atoms with Crippen LogP contribution in [0.1, 0.15) is 12.8 Å². The van der Waals surface area contributed by atoms with E-state index in [0.29, 0.717) is 5.13 Å². The number of methoxy groups -OCH3 is 1. The van der Waals surface area contributed by atoms with E-state index < -0.39 is 18.1 Å². The van der Waals surface area contributed by atoms with Crippen molar-refractivity contribution in [2.45, 2.75) is 25.0 Å². The molecule has 2 aliphatic heterocycles. The van der Waals surface area contributed by atoms with E-state index in [9.17, 15) is 14.4 Å². The monoisotopic (exact) mass is 360 g/mol. The second-order valence-electron chi connectivity index (χ2n) is 6.04. The molecule has 2 aliphatic rings. The third-order valence-corrected chi connectivity index (χ3v) is 5.43. The Morgan fingerprint density at radius 1 is 1.40 bits per heavy atom. The summed E-state index contributed by atoms with van der Waals surface area (Å²) in [7, 11) is 1.31. The maximum atomic E-state index is 12.7. The second-order valence-corrected chi connectivity index (χ2v) is 7.05. The van der Waals surface area contributed by atoms with Crippen molar-refractivity contribution < 1.29 is 19.1 Å². The molecule has 4 rings (SSSR count). The van der Waals surface area contributed by atoms with Crippen LogP contribution in [0, 0.1) is 5.92 Å². The molecule has 0 aliphatic carbocycles. The van der Waals surface area contributed by atoms with E-state index in [2.05, 4.69) is 20.5 Å². The van der Waals surface area contributed by atoms with Crippen molar-refractivity contribution in [2.75, 3.05) is 12.1 Å². The summed E-state index contributed by atoms with van der Waals surface area (Å²) in [5.74, 6) is -1.70. The van der Waals surface area contributed by atoms with E-state index in [4.69, 9.17) is 0 Å². The number of hydrogen-bond donors (Lipinski definition) is 2. The molecule has 3 heterocycles. The lowest BCUT2D eigenvalue weighted by molar-refractivity contribution is -0.141. The Bertz CT molecular complexity index is 834. The summed E-state index contributed by atoms with van der Waals surface area (Å²) in [4.78, 5) is 41.0. The molecule has 8 nitrogen and oxygen atoms in total. The fraction of sp³-hybridized carbons (Fsp3) is 0.375. The molecule has 2 aromatic rings. The van der Waals surface area contributed by atoms with Gasteiger partial charge in [-0.25, -0.2) is 15.4 Å². The van der Waals surface area contributed by atoms with Gasteiger partial charge in [0.25, 0.3) is 5.91 Å². The molecule has 1 amide bonds. The zero-order valence-electron chi connectivity index (χ0n) is 13.4. The number of ketones is 1. The summed E-state index contributed by atoms with van der Waals surface area (Å²) in [5, 5.41) is 4.99. The fourth-order valence-electron chi connectivity index (χ4n) is 3.22. The molecule has 9 heteroatoms. The van der Waals surface area contributed by atoms with Gasteiger partial charge in [0.15, 0.2) is 0 Å².